The number of aliphatic hydroxyl groups is 1. The lowest BCUT2D eigenvalue weighted by Gasteiger charge is -2.44. The van der Waals surface area contributed by atoms with Crippen molar-refractivity contribution in [3.05, 3.63) is 0 Å². The SMILES string of the molecule is CCC1(CO)CC(N)C1. The lowest BCUT2D eigenvalue weighted by Crippen LogP contribution is -2.47. The molecule has 0 aromatic rings. The van der Waals surface area contributed by atoms with Crippen LogP contribution in [0, 0.1) is 5.41 Å². The molecule has 9 heavy (non-hydrogen) atoms. The first-order chi connectivity index (χ1) is 4.22. The van der Waals surface area contributed by atoms with Crippen LogP contribution in [0.3, 0.4) is 0 Å². The van der Waals surface area contributed by atoms with Crippen molar-refractivity contribution in [3.63, 3.8) is 0 Å². The maximum atomic E-state index is 8.90. The molecule has 0 radical (unpaired) electrons. The monoisotopic (exact) mass is 129 g/mol. The summed E-state index contributed by atoms with van der Waals surface area (Å²) in [5.41, 5.74) is 5.80. The second-order valence-corrected chi connectivity index (χ2v) is 3.18. The van der Waals surface area contributed by atoms with E-state index >= 15 is 0 Å². The average molecular weight is 129 g/mol. The molecule has 0 aromatic heterocycles. The molecule has 0 saturated heterocycles. The van der Waals surface area contributed by atoms with Crippen LogP contribution in [0.25, 0.3) is 0 Å². The number of hydrogen-bond donors (Lipinski definition) is 2. The molecule has 0 amide bonds. The van der Waals surface area contributed by atoms with Gasteiger partial charge in [-0.15, -0.1) is 0 Å². The van der Waals surface area contributed by atoms with Crippen molar-refractivity contribution in [2.75, 3.05) is 6.61 Å². The minimum Gasteiger partial charge on any atom is -0.396 e. The van der Waals surface area contributed by atoms with E-state index in [2.05, 4.69) is 6.92 Å². The molecule has 54 valence electrons. The molecule has 0 heterocycles. The average Bonchev–Trinajstić information content (AvgIpc) is 1.81. The molecule has 1 aliphatic rings. The zero-order chi connectivity index (χ0) is 6.91. The van der Waals surface area contributed by atoms with E-state index in [-0.39, 0.29) is 5.41 Å². The van der Waals surface area contributed by atoms with Gasteiger partial charge in [-0.1, -0.05) is 6.92 Å². The maximum Gasteiger partial charge on any atom is 0.0488 e. The summed E-state index contributed by atoms with van der Waals surface area (Å²) in [7, 11) is 0. The van der Waals surface area contributed by atoms with Crippen molar-refractivity contribution in [1.82, 2.24) is 0 Å². The van der Waals surface area contributed by atoms with Crippen LogP contribution in [-0.2, 0) is 0 Å². The van der Waals surface area contributed by atoms with E-state index < -0.39 is 0 Å². The third-order valence-corrected chi connectivity index (χ3v) is 2.48. The predicted molar refractivity (Wildman–Crippen MR) is 37.0 cm³/mol. The molecular formula is C7H15NO. The van der Waals surface area contributed by atoms with Gasteiger partial charge in [0, 0.05) is 12.6 Å². The maximum absolute atomic E-state index is 8.90. The van der Waals surface area contributed by atoms with Crippen LogP contribution in [-0.4, -0.2) is 17.8 Å². The van der Waals surface area contributed by atoms with Crippen molar-refractivity contribution in [1.29, 1.82) is 0 Å². The van der Waals surface area contributed by atoms with Crippen LogP contribution < -0.4 is 5.73 Å². The summed E-state index contributed by atoms with van der Waals surface area (Å²) in [6.07, 6.45) is 3.09. The minimum atomic E-state index is 0.208. The Hall–Kier alpha value is -0.0800. The summed E-state index contributed by atoms with van der Waals surface area (Å²) in [4.78, 5) is 0. The van der Waals surface area contributed by atoms with Gasteiger partial charge >= 0.3 is 0 Å². The molecule has 1 fully saturated rings. The Morgan fingerprint density at radius 2 is 2.22 bits per heavy atom. The van der Waals surface area contributed by atoms with Gasteiger partial charge in [-0.3, -0.25) is 0 Å². The van der Waals surface area contributed by atoms with Gasteiger partial charge in [-0.05, 0) is 24.7 Å². The third-order valence-electron chi connectivity index (χ3n) is 2.48. The summed E-state index contributed by atoms with van der Waals surface area (Å²) >= 11 is 0. The number of aliphatic hydroxyl groups excluding tert-OH is 1. The Balaban J connectivity index is 2.36. The topological polar surface area (TPSA) is 46.2 Å². The molecule has 2 nitrogen and oxygen atoms in total. The summed E-state index contributed by atoms with van der Waals surface area (Å²) in [5, 5.41) is 8.90. The van der Waals surface area contributed by atoms with E-state index in [9.17, 15) is 0 Å². The number of hydrogen-bond acceptors (Lipinski definition) is 2. The lowest BCUT2D eigenvalue weighted by atomic mass is 9.65. The molecule has 1 saturated carbocycles. The second-order valence-electron chi connectivity index (χ2n) is 3.18. The van der Waals surface area contributed by atoms with Crippen molar-refractivity contribution in [2.24, 2.45) is 11.1 Å². The standard InChI is InChI=1S/C7H15NO/c1-2-7(5-9)3-6(8)4-7/h6,9H,2-5,8H2,1H3. The normalized spacial score (nSPS) is 42.3. The highest BCUT2D eigenvalue weighted by Gasteiger charge is 2.39. The van der Waals surface area contributed by atoms with Crippen LogP contribution in [0.2, 0.25) is 0 Å². The minimum absolute atomic E-state index is 0.208. The fourth-order valence-corrected chi connectivity index (χ4v) is 1.58. The van der Waals surface area contributed by atoms with Crippen LogP contribution in [0.4, 0.5) is 0 Å². The summed E-state index contributed by atoms with van der Waals surface area (Å²) < 4.78 is 0. The number of rotatable bonds is 2. The first kappa shape index (κ1) is 7.03. The molecule has 0 unspecified atom stereocenters. The highest BCUT2D eigenvalue weighted by Crippen LogP contribution is 2.42. The fourth-order valence-electron chi connectivity index (χ4n) is 1.58. The fraction of sp³-hybridized carbons (Fsp3) is 1.00. The Labute approximate surface area is 56.1 Å². The summed E-state index contributed by atoms with van der Waals surface area (Å²) in [6, 6.07) is 0.358. The van der Waals surface area contributed by atoms with Crippen LogP contribution in [0.1, 0.15) is 26.2 Å². The van der Waals surface area contributed by atoms with Gasteiger partial charge in [0.2, 0.25) is 0 Å². The Morgan fingerprint density at radius 1 is 1.67 bits per heavy atom. The smallest absolute Gasteiger partial charge is 0.0488 e. The van der Waals surface area contributed by atoms with Crippen molar-refractivity contribution < 1.29 is 5.11 Å². The van der Waals surface area contributed by atoms with E-state index in [1.807, 2.05) is 0 Å². The van der Waals surface area contributed by atoms with Gasteiger partial charge in [0.1, 0.15) is 0 Å². The van der Waals surface area contributed by atoms with Gasteiger partial charge in [0.15, 0.2) is 0 Å². The first-order valence-corrected chi connectivity index (χ1v) is 3.59. The molecule has 0 bridgehead atoms. The van der Waals surface area contributed by atoms with Gasteiger partial charge in [0.05, 0.1) is 0 Å². The first-order valence-electron chi connectivity index (χ1n) is 3.59. The highest BCUT2D eigenvalue weighted by molar-refractivity contribution is 4.94. The van der Waals surface area contributed by atoms with Crippen molar-refractivity contribution in [3.8, 4) is 0 Å². The lowest BCUT2D eigenvalue weighted by molar-refractivity contribution is 0.0242. The van der Waals surface area contributed by atoms with Crippen LogP contribution >= 0.6 is 0 Å². The van der Waals surface area contributed by atoms with Crippen LogP contribution in [0.15, 0.2) is 0 Å². The molecule has 2 heteroatoms. The molecule has 1 aliphatic carbocycles. The van der Waals surface area contributed by atoms with E-state index in [0.29, 0.717) is 12.6 Å². The highest BCUT2D eigenvalue weighted by atomic mass is 16.3. The van der Waals surface area contributed by atoms with E-state index in [1.54, 1.807) is 0 Å². The largest absolute Gasteiger partial charge is 0.396 e. The Kier molecular flexibility index (Phi) is 1.78. The Bertz CT molecular complexity index is 91.1. The summed E-state index contributed by atoms with van der Waals surface area (Å²) in [5.74, 6) is 0. The Morgan fingerprint density at radius 3 is 2.33 bits per heavy atom. The van der Waals surface area contributed by atoms with Crippen molar-refractivity contribution in [2.45, 2.75) is 32.2 Å². The third kappa shape index (κ3) is 1.10. The molecule has 0 aromatic carbocycles. The van der Waals surface area contributed by atoms with Gasteiger partial charge in [-0.25, -0.2) is 0 Å². The number of nitrogens with two attached hydrogens (primary N) is 1. The van der Waals surface area contributed by atoms with E-state index in [0.717, 1.165) is 19.3 Å². The zero-order valence-electron chi connectivity index (χ0n) is 5.93. The zero-order valence-corrected chi connectivity index (χ0v) is 5.93. The molecule has 0 aliphatic heterocycles. The van der Waals surface area contributed by atoms with Crippen LogP contribution in [0.5, 0.6) is 0 Å². The van der Waals surface area contributed by atoms with Gasteiger partial charge in [-0.2, -0.15) is 0 Å². The van der Waals surface area contributed by atoms with E-state index in [4.69, 9.17) is 10.8 Å². The van der Waals surface area contributed by atoms with Crippen molar-refractivity contribution >= 4 is 0 Å². The van der Waals surface area contributed by atoms with Gasteiger partial charge in [0.25, 0.3) is 0 Å². The quantitative estimate of drug-likeness (QED) is 0.570. The molecule has 3 N–H and O–H groups in total. The molecular weight excluding hydrogens is 114 g/mol. The second kappa shape index (κ2) is 2.27. The summed E-state index contributed by atoms with van der Waals surface area (Å²) in [6.45, 7) is 2.43. The molecule has 0 atom stereocenters. The molecule has 1 rings (SSSR count). The predicted octanol–water partition coefficient (Wildman–Crippen LogP) is 0.496. The van der Waals surface area contributed by atoms with E-state index in [1.165, 1.54) is 0 Å². The van der Waals surface area contributed by atoms with Gasteiger partial charge < -0.3 is 10.8 Å². The molecule has 0 spiro atoms.